The van der Waals surface area contributed by atoms with E-state index in [0.717, 1.165) is 6.42 Å². The number of rotatable bonds is 4. The second kappa shape index (κ2) is 7.72. The van der Waals surface area contributed by atoms with Gasteiger partial charge >= 0.3 is 12.0 Å². The summed E-state index contributed by atoms with van der Waals surface area (Å²) in [4.78, 5) is 37.5. The number of carboxylic acids is 1. The minimum absolute atomic E-state index is 0.0181. The smallest absolute Gasteiger partial charge is 0.317 e. The molecule has 1 aliphatic heterocycles. The van der Waals surface area contributed by atoms with Crippen molar-refractivity contribution in [1.82, 2.24) is 15.1 Å². The van der Waals surface area contributed by atoms with Crippen LogP contribution in [0.25, 0.3) is 0 Å². The predicted molar refractivity (Wildman–Crippen MR) is 73.3 cm³/mol. The minimum atomic E-state index is -0.921. The van der Waals surface area contributed by atoms with Gasteiger partial charge in [-0.1, -0.05) is 6.92 Å². The van der Waals surface area contributed by atoms with Crippen molar-refractivity contribution < 1.29 is 19.5 Å². The van der Waals surface area contributed by atoms with Gasteiger partial charge in [0.25, 0.3) is 0 Å². The quantitative estimate of drug-likeness (QED) is 0.787. The van der Waals surface area contributed by atoms with E-state index >= 15 is 0 Å². The first-order chi connectivity index (χ1) is 9.43. The molecule has 3 amide bonds. The Balaban J connectivity index is 2.50. The van der Waals surface area contributed by atoms with Gasteiger partial charge in [-0.15, -0.1) is 0 Å². The molecule has 0 radical (unpaired) electrons. The van der Waals surface area contributed by atoms with Gasteiger partial charge in [0, 0.05) is 39.1 Å². The summed E-state index contributed by atoms with van der Waals surface area (Å²) in [5.41, 5.74) is 0. The lowest BCUT2D eigenvalue weighted by Crippen LogP contribution is -2.46. The van der Waals surface area contributed by atoms with Crippen molar-refractivity contribution in [2.24, 2.45) is 0 Å². The number of carbonyl (C=O) groups is 3. The second-order valence-electron chi connectivity index (χ2n) is 5.00. The topological polar surface area (TPSA) is 89.9 Å². The fraction of sp³-hybridized carbons (Fsp3) is 0.769. The monoisotopic (exact) mass is 285 g/mol. The second-order valence-corrected chi connectivity index (χ2v) is 5.00. The van der Waals surface area contributed by atoms with Gasteiger partial charge in [0.05, 0.1) is 6.42 Å². The summed E-state index contributed by atoms with van der Waals surface area (Å²) in [6.45, 7) is 5.61. The first kappa shape index (κ1) is 16.3. The number of hydrogen-bond donors (Lipinski definition) is 2. The molecule has 0 aromatic carbocycles. The number of nitrogens with zero attached hydrogens (tertiary/aromatic N) is 2. The van der Waals surface area contributed by atoms with E-state index in [1.165, 1.54) is 6.92 Å². The molecule has 114 valence electrons. The fourth-order valence-corrected chi connectivity index (χ4v) is 2.21. The molecule has 7 nitrogen and oxygen atoms in total. The molecular weight excluding hydrogens is 262 g/mol. The summed E-state index contributed by atoms with van der Waals surface area (Å²) in [5, 5.41) is 11.5. The normalized spacial score (nSPS) is 17.3. The third-order valence-electron chi connectivity index (χ3n) is 3.47. The Hall–Kier alpha value is -1.79. The van der Waals surface area contributed by atoms with Crippen LogP contribution in [0.1, 0.15) is 33.1 Å². The molecule has 1 aliphatic rings. The van der Waals surface area contributed by atoms with Crippen LogP contribution >= 0.6 is 0 Å². The zero-order valence-electron chi connectivity index (χ0n) is 12.1. The van der Waals surface area contributed by atoms with Crippen molar-refractivity contribution >= 4 is 17.9 Å². The third-order valence-corrected chi connectivity index (χ3v) is 3.47. The molecule has 20 heavy (non-hydrogen) atoms. The van der Waals surface area contributed by atoms with Crippen LogP contribution in [0.15, 0.2) is 0 Å². The molecular formula is C13H23N3O4. The van der Waals surface area contributed by atoms with E-state index in [0.29, 0.717) is 32.6 Å². The molecule has 1 fully saturated rings. The highest BCUT2D eigenvalue weighted by molar-refractivity contribution is 5.76. The van der Waals surface area contributed by atoms with Crippen LogP contribution in [0.4, 0.5) is 4.79 Å². The van der Waals surface area contributed by atoms with E-state index in [2.05, 4.69) is 5.32 Å². The van der Waals surface area contributed by atoms with Crippen molar-refractivity contribution in [3.63, 3.8) is 0 Å². The predicted octanol–water partition coefficient (Wildman–Crippen LogP) is 0.504. The summed E-state index contributed by atoms with van der Waals surface area (Å²) >= 11 is 0. The van der Waals surface area contributed by atoms with E-state index in [4.69, 9.17) is 5.11 Å². The Kier molecular flexibility index (Phi) is 6.27. The van der Waals surface area contributed by atoms with Crippen LogP contribution in [0.2, 0.25) is 0 Å². The van der Waals surface area contributed by atoms with Crippen molar-refractivity contribution in [2.75, 3.05) is 26.2 Å². The van der Waals surface area contributed by atoms with Gasteiger partial charge < -0.3 is 20.2 Å². The Morgan fingerprint density at radius 3 is 2.30 bits per heavy atom. The summed E-state index contributed by atoms with van der Waals surface area (Å²) < 4.78 is 0. The number of amides is 3. The lowest BCUT2D eigenvalue weighted by Gasteiger charge is -2.24. The van der Waals surface area contributed by atoms with Crippen molar-refractivity contribution in [1.29, 1.82) is 0 Å². The lowest BCUT2D eigenvalue weighted by atomic mass is 10.1. The van der Waals surface area contributed by atoms with Crippen LogP contribution in [0, 0.1) is 0 Å². The van der Waals surface area contributed by atoms with Crippen molar-refractivity contribution in [3.8, 4) is 0 Å². The highest BCUT2D eigenvalue weighted by Crippen LogP contribution is 2.05. The molecule has 0 aliphatic carbocycles. The third kappa shape index (κ3) is 5.07. The summed E-state index contributed by atoms with van der Waals surface area (Å²) in [7, 11) is 0. The first-order valence-corrected chi connectivity index (χ1v) is 6.96. The standard InChI is InChI=1S/C13H23N3O4/c1-3-11(9-12(18)19)14-13(20)16-6-4-5-15(7-8-16)10(2)17/h11H,3-9H2,1-2H3,(H,14,20)(H,18,19). The zero-order valence-corrected chi connectivity index (χ0v) is 12.1. The number of aliphatic carboxylic acids is 1. The molecule has 1 unspecified atom stereocenters. The van der Waals surface area contributed by atoms with Gasteiger partial charge in [0.2, 0.25) is 5.91 Å². The molecule has 0 spiro atoms. The molecule has 2 N–H and O–H groups in total. The SMILES string of the molecule is CCC(CC(=O)O)NC(=O)N1CCCN(C(C)=O)CC1. The Bertz CT molecular complexity index is 373. The maximum Gasteiger partial charge on any atom is 0.317 e. The molecule has 1 saturated heterocycles. The summed E-state index contributed by atoms with van der Waals surface area (Å²) in [6, 6.07) is -0.601. The zero-order chi connectivity index (χ0) is 15.1. The average molecular weight is 285 g/mol. The molecule has 0 saturated carbocycles. The first-order valence-electron chi connectivity index (χ1n) is 6.96. The van der Waals surface area contributed by atoms with E-state index < -0.39 is 5.97 Å². The van der Waals surface area contributed by atoms with E-state index in [1.54, 1.807) is 9.80 Å². The molecule has 0 aromatic rings. The van der Waals surface area contributed by atoms with Gasteiger partial charge in [-0.2, -0.15) is 0 Å². The van der Waals surface area contributed by atoms with Gasteiger partial charge in [0.1, 0.15) is 0 Å². The molecule has 0 aromatic heterocycles. The van der Waals surface area contributed by atoms with Crippen molar-refractivity contribution in [2.45, 2.75) is 39.2 Å². The average Bonchev–Trinajstić information content (AvgIpc) is 2.62. The highest BCUT2D eigenvalue weighted by Gasteiger charge is 2.22. The summed E-state index contributed by atoms with van der Waals surface area (Å²) in [6.07, 6.45) is 1.24. The fourth-order valence-electron chi connectivity index (χ4n) is 2.21. The maximum atomic E-state index is 12.1. The van der Waals surface area contributed by atoms with Crippen LogP contribution < -0.4 is 5.32 Å². The number of nitrogens with one attached hydrogen (secondary N) is 1. The van der Waals surface area contributed by atoms with Crippen LogP contribution in [-0.4, -0.2) is 65.0 Å². The lowest BCUT2D eigenvalue weighted by molar-refractivity contribution is -0.137. The molecule has 1 heterocycles. The maximum absolute atomic E-state index is 12.1. The Labute approximate surface area is 118 Å². The number of carboxylic acid groups (broad SMARTS) is 1. The van der Waals surface area contributed by atoms with Gasteiger partial charge in [-0.3, -0.25) is 9.59 Å². The van der Waals surface area contributed by atoms with E-state index in [1.807, 2.05) is 6.92 Å². The van der Waals surface area contributed by atoms with Crippen LogP contribution in [0.3, 0.4) is 0 Å². The number of carbonyl (C=O) groups excluding carboxylic acids is 2. The van der Waals surface area contributed by atoms with Gasteiger partial charge in [0.15, 0.2) is 0 Å². The largest absolute Gasteiger partial charge is 0.481 e. The van der Waals surface area contributed by atoms with Crippen LogP contribution in [0.5, 0.6) is 0 Å². The Morgan fingerprint density at radius 1 is 1.15 bits per heavy atom. The minimum Gasteiger partial charge on any atom is -0.481 e. The van der Waals surface area contributed by atoms with Gasteiger partial charge in [-0.05, 0) is 12.8 Å². The van der Waals surface area contributed by atoms with Crippen molar-refractivity contribution in [3.05, 3.63) is 0 Å². The number of urea groups is 1. The van der Waals surface area contributed by atoms with E-state index in [9.17, 15) is 14.4 Å². The molecule has 1 atom stereocenters. The Morgan fingerprint density at radius 2 is 1.75 bits per heavy atom. The van der Waals surface area contributed by atoms with E-state index in [-0.39, 0.29) is 24.4 Å². The molecule has 1 rings (SSSR count). The van der Waals surface area contributed by atoms with Crippen LogP contribution in [-0.2, 0) is 9.59 Å². The number of hydrogen-bond acceptors (Lipinski definition) is 3. The highest BCUT2D eigenvalue weighted by atomic mass is 16.4. The molecule has 7 heteroatoms. The molecule has 0 bridgehead atoms. The summed E-state index contributed by atoms with van der Waals surface area (Å²) in [5.74, 6) is -0.902. The van der Waals surface area contributed by atoms with Gasteiger partial charge in [-0.25, -0.2) is 4.79 Å².